The number of rotatable bonds is 4. The van der Waals surface area contributed by atoms with Crippen molar-refractivity contribution in [2.45, 2.75) is 6.92 Å². The number of nitrogens with zero attached hydrogens (tertiary/aromatic N) is 1. The maximum atomic E-state index is 11.6. The number of hydrogen-bond donors (Lipinski definition) is 1. The Morgan fingerprint density at radius 1 is 1.24 bits per heavy atom. The van der Waals surface area contributed by atoms with E-state index >= 15 is 0 Å². The lowest BCUT2D eigenvalue weighted by molar-refractivity contribution is 0.0520. The maximum absolute atomic E-state index is 11.6. The second-order valence-electron chi connectivity index (χ2n) is 4.41. The van der Waals surface area contributed by atoms with E-state index in [1.807, 2.05) is 24.3 Å². The first-order valence-electron chi connectivity index (χ1n) is 6.65. The number of anilines is 2. The lowest BCUT2D eigenvalue weighted by atomic mass is 10.1. The smallest absolute Gasteiger partial charge is 0.357 e. The van der Waals surface area contributed by atoms with E-state index in [-0.39, 0.29) is 5.97 Å². The molecule has 0 aliphatic heterocycles. The van der Waals surface area contributed by atoms with Gasteiger partial charge in [0.25, 0.3) is 0 Å². The minimum absolute atomic E-state index is 0.338. The number of hydrogen-bond acceptors (Lipinski definition) is 5. The van der Waals surface area contributed by atoms with Crippen LogP contribution in [0.1, 0.15) is 17.4 Å². The molecule has 0 spiro atoms. The summed E-state index contributed by atoms with van der Waals surface area (Å²) in [5.41, 5.74) is 1.31. The minimum atomic E-state index is -0.389. The number of fused-ring (bicyclic) bond motifs is 1. The molecule has 0 aliphatic carbocycles. The standard InChI is InChI=1S/C16H14N2O2S/c1-2-20-15(19)14-10-21-16(18-14)17-13-9-5-7-11-6-3-4-8-12(11)13/h3-10H,2H2,1H3,(H,17,18). The fourth-order valence-electron chi connectivity index (χ4n) is 2.08. The van der Waals surface area contributed by atoms with Gasteiger partial charge in [-0.15, -0.1) is 11.3 Å². The van der Waals surface area contributed by atoms with Gasteiger partial charge < -0.3 is 10.1 Å². The Bertz CT molecular complexity index is 777. The number of benzene rings is 2. The minimum Gasteiger partial charge on any atom is -0.461 e. The number of ether oxygens (including phenoxy) is 1. The molecule has 0 fully saturated rings. The van der Waals surface area contributed by atoms with Gasteiger partial charge in [-0.1, -0.05) is 36.4 Å². The molecule has 2 aromatic carbocycles. The third-order valence-corrected chi connectivity index (χ3v) is 3.78. The molecule has 0 amide bonds. The molecule has 0 aliphatic rings. The second kappa shape index (κ2) is 5.93. The van der Waals surface area contributed by atoms with Crippen LogP contribution in [0, 0.1) is 0 Å². The van der Waals surface area contributed by atoms with Crippen molar-refractivity contribution < 1.29 is 9.53 Å². The summed E-state index contributed by atoms with van der Waals surface area (Å²) in [6.07, 6.45) is 0. The molecule has 0 saturated carbocycles. The van der Waals surface area contributed by atoms with Crippen LogP contribution >= 0.6 is 11.3 Å². The van der Waals surface area contributed by atoms with E-state index in [1.165, 1.54) is 11.3 Å². The molecule has 0 saturated heterocycles. The Kier molecular flexibility index (Phi) is 3.83. The van der Waals surface area contributed by atoms with Crippen LogP contribution in [-0.4, -0.2) is 17.6 Å². The largest absolute Gasteiger partial charge is 0.461 e. The molecule has 3 aromatic rings. The fraction of sp³-hybridized carbons (Fsp3) is 0.125. The summed E-state index contributed by atoms with van der Waals surface area (Å²) in [6.45, 7) is 2.13. The summed E-state index contributed by atoms with van der Waals surface area (Å²) < 4.78 is 4.94. The Morgan fingerprint density at radius 3 is 2.90 bits per heavy atom. The van der Waals surface area contributed by atoms with E-state index in [1.54, 1.807) is 12.3 Å². The molecule has 106 valence electrons. The molecule has 21 heavy (non-hydrogen) atoms. The Morgan fingerprint density at radius 2 is 2.05 bits per heavy atom. The molecule has 1 heterocycles. The lowest BCUT2D eigenvalue weighted by Gasteiger charge is -2.06. The Balaban J connectivity index is 1.87. The van der Waals surface area contributed by atoms with Crippen LogP contribution < -0.4 is 5.32 Å². The summed E-state index contributed by atoms with van der Waals surface area (Å²) in [5.74, 6) is -0.389. The van der Waals surface area contributed by atoms with Gasteiger partial charge in [-0.3, -0.25) is 0 Å². The number of carbonyl (C=O) groups is 1. The third kappa shape index (κ3) is 2.87. The van der Waals surface area contributed by atoms with Crippen LogP contribution in [0.4, 0.5) is 10.8 Å². The van der Waals surface area contributed by atoms with Crippen LogP contribution in [-0.2, 0) is 4.74 Å². The van der Waals surface area contributed by atoms with Crippen LogP contribution in [0.3, 0.4) is 0 Å². The highest BCUT2D eigenvalue weighted by Crippen LogP contribution is 2.27. The predicted molar refractivity (Wildman–Crippen MR) is 85.3 cm³/mol. The van der Waals surface area contributed by atoms with Crippen molar-refractivity contribution in [1.82, 2.24) is 4.98 Å². The number of aromatic nitrogens is 1. The van der Waals surface area contributed by atoms with Crippen LogP contribution in [0.5, 0.6) is 0 Å². The first kappa shape index (κ1) is 13.6. The van der Waals surface area contributed by atoms with E-state index in [0.29, 0.717) is 17.4 Å². The van der Waals surface area contributed by atoms with Crippen LogP contribution in [0.15, 0.2) is 47.8 Å². The normalized spacial score (nSPS) is 10.5. The van der Waals surface area contributed by atoms with Gasteiger partial charge in [0, 0.05) is 16.5 Å². The summed E-state index contributed by atoms with van der Waals surface area (Å²) in [4.78, 5) is 15.9. The Labute approximate surface area is 126 Å². The zero-order chi connectivity index (χ0) is 14.7. The van der Waals surface area contributed by atoms with Crippen molar-refractivity contribution >= 4 is 38.9 Å². The number of esters is 1. The quantitative estimate of drug-likeness (QED) is 0.733. The van der Waals surface area contributed by atoms with Crippen molar-refractivity contribution in [1.29, 1.82) is 0 Å². The van der Waals surface area contributed by atoms with Gasteiger partial charge in [0.05, 0.1) is 6.61 Å². The predicted octanol–water partition coefficient (Wildman–Crippen LogP) is 4.22. The summed E-state index contributed by atoms with van der Waals surface area (Å²) >= 11 is 1.38. The lowest BCUT2D eigenvalue weighted by Crippen LogP contribution is -2.05. The summed E-state index contributed by atoms with van der Waals surface area (Å²) in [5, 5.41) is 7.91. The summed E-state index contributed by atoms with van der Waals surface area (Å²) in [7, 11) is 0. The Hall–Kier alpha value is -2.40. The zero-order valence-electron chi connectivity index (χ0n) is 11.5. The molecule has 0 bridgehead atoms. The molecule has 0 unspecified atom stereocenters. The molecule has 1 N–H and O–H groups in total. The topological polar surface area (TPSA) is 51.2 Å². The molecule has 0 radical (unpaired) electrons. The number of carbonyl (C=O) groups excluding carboxylic acids is 1. The summed E-state index contributed by atoms with van der Waals surface area (Å²) in [6, 6.07) is 14.2. The zero-order valence-corrected chi connectivity index (χ0v) is 12.3. The molecule has 5 heteroatoms. The average molecular weight is 298 g/mol. The first-order chi connectivity index (χ1) is 10.3. The van der Waals surface area contributed by atoms with Gasteiger partial charge in [-0.2, -0.15) is 0 Å². The monoisotopic (exact) mass is 298 g/mol. The first-order valence-corrected chi connectivity index (χ1v) is 7.53. The molecular formula is C16H14N2O2S. The SMILES string of the molecule is CCOC(=O)c1csc(Nc2cccc3ccccc23)n1. The molecule has 0 atom stereocenters. The van der Waals surface area contributed by atoms with Crippen LogP contribution in [0.2, 0.25) is 0 Å². The van der Waals surface area contributed by atoms with Gasteiger partial charge in [0.15, 0.2) is 10.8 Å². The number of thiazole rings is 1. The van der Waals surface area contributed by atoms with E-state index in [9.17, 15) is 4.79 Å². The van der Waals surface area contributed by atoms with Gasteiger partial charge in [-0.05, 0) is 18.4 Å². The van der Waals surface area contributed by atoms with Gasteiger partial charge in [0.1, 0.15) is 0 Å². The van der Waals surface area contributed by atoms with E-state index < -0.39 is 0 Å². The fourth-order valence-corrected chi connectivity index (χ4v) is 2.77. The van der Waals surface area contributed by atoms with Crippen molar-refractivity contribution in [3.05, 3.63) is 53.5 Å². The second-order valence-corrected chi connectivity index (χ2v) is 5.27. The average Bonchev–Trinajstić information content (AvgIpc) is 2.97. The molecule has 4 nitrogen and oxygen atoms in total. The van der Waals surface area contributed by atoms with Gasteiger partial charge in [-0.25, -0.2) is 9.78 Å². The van der Waals surface area contributed by atoms with Crippen molar-refractivity contribution in [2.75, 3.05) is 11.9 Å². The van der Waals surface area contributed by atoms with E-state index in [4.69, 9.17) is 4.74 Å². The highest BCUT2D eigenvalue weighted by molar-refractivity contribution is 7.14. The molecular weight excluding hydrogens is 284 g/mol. The van der Waals surface area contributed by atoms with Crippen molar-refractivity contribution in [3.8, 4) is 0 Å². The molecule has 3 rings (SSSR count). The third-order valence-electron chi connectivity index (χ3n) is 3.02. The van der Waals surface area contributed by atoms with Crippen molar-refractivity contribution in [2.24, 2.45) is 0 Å². The highest BCUT2D eigenvalue weighted by atomic mass is 32.1. The maximum Gasteiger partial charge on any atom is 0.357 e. The van der Waals surface area contributed by atoms with Crippen LogP contribution in [0.25, 0.3) is 10.8 Å². The van der Waals surface area contributed by atoms with Gasteiger partial charge in [0.2, 0.25) is 0 Å². The van der Waals surface area contributed by atoms with E-state index in [0.717, 1.165) is 16.5 Å². The van der Waals surface area contributed by atoms with Gasteiger partial charge >= 0.3 is 5.97 Å². The number of nitrogens with one attached hydrogen (secondary N) is 1. The van der Waals surface area contributed by atoms with E-state index in [2.05, 4.69) is 28.5 Å². The molecule has 1 aromatic heterocycles. The highest BCUT2D eigenvalue weighted by Gasteiger charge is 2.12. The van der Waals surface area contributed by atoms with Crippen molar-refractivity contribution in [3.63, 3.8) is 0 Å².